The van der Waals surface area contributed by atoms with Gasteiger partial charge in [0, 0.05) is 58.2 Å². The smallest absolute Gasteiger partial charge is 0.264 e. The van der Waals surface area contributed by atoms with Gasteiger partial charge in [-0.05, 0) is 209 Å². The molecule has 4 aromatic rings. The molecule has 0 radical (unpaired) electrons. The van der Waals surface area contributed by atoms with Crippen LogP contribution >= 0.6 is 23.2 Å². The SMILES string of the molecule is C.CC[C@@H]1CC[C@@H](O)/C=C/[C@@H]2CC[C@H]2CN2C[C@@]3(CCCc4cc(Cl)ccc43)COc3ccc(cc32)C(=O)NS1(=O)=O.CC[C@@H]1CC[C@H](O)/C=C/[C@@H]2CC[C@H]2CN2C[C@@]3(CCCc4cc(Cl)ccc43)COc3ccc(cc32)C(=O)NS1(=O)=O. The first-order chi connectivity index (χ1) is 39.3. The van der Waals surface area contributed by atoms with Crippen LogP contribution in [0.5, 0.6) is 11.5 Å². The van der Waals surface area contributed by atoms with Crippen molar-refractivity contribution in [2.45, 2.75) is 158 Å². The second kappa shape index (κ2) is 25.1. The number of ether oxygens (including phenoxy) is 2. The number of aliphatic hydroxyl groups excluding tert-OH is 2. The topological polar surface area (TPSA) is 192 Å². The minimum Gasteiger partial charge on any atom is -0.490 e. The third kappa shape index (κ3) is 12.9. The molecule has 0 aromatic heterocycles. The molecule has 0 unspecified atom stereocenters. The van der Waals surface area contributed by atoms with E-state index < -0.39 is 54.6 Å². The number of nitrogens with zero attached hydrogens (tertiary/aromatic N) is 2. The van der Waals surface area contributed by atoms with Crippen LogP contribution in [0.25, 0.3) is 0 Å². The molecule has 2 saturated carbocycles. The van der Waals surface area contributed by atoms with Crippen LogP contribution < -0.4 is 28.7 Å². The highest BCUT2D eigenvalue weighted by Gasteiger charge is 2.46. The number of nitrogens with one attached hydrogen (secondary N) is 2. The van der Waals surface area contributed by atoms with Crippen LogP contribution in [0.15, 0.2) is 97.1 Å². The zero-order valence-corrected chi connectivity index (χ0v) is 50.2. The standard InChI is InChI=1S/2C32H39ClN2O5S.CH4/c2*1-2-27-12-11-26(36)10-7-21-5-6-24(21)18-35-19-32(15-3-4-22-16-25(33)9-13-28(22)32)20-40-30-14-8-23(17-29(30)35)31(37)34-41(27,38)39;/h2*7-10,13-14,16-17,21,24,26-27,36H,2-6,11-12,15,18-20H2,1H3,(H,34,37);1H4/b2*10-7+;/t21-,24-,26+,27+,32-;21-,24-,26-,27+,32-;/m00./s1. The van der Waals surface area contributed by atoms with E-state index in [2.05, 4.69) is 55.7 Å². The van der Waals surface area contributed by atoms with Crippen LogP contribution in [0.1, 0.15) is 154 Å². The number of carbonyl (C=O) groups excluding carboxylic acids is 2. The number of benzene rings is 4. The molecule has 4 aliphatic carbocycles. The van der Waals surface area contributed by atoms with Gasteiger partial charge in [-0.3, -0.25) is 9.59 Å². The summed E-state index contributed by atoms with van der Waals surface area (Å²) >= 11 is 12.8. The molecule has 4 heterocycles. The molecule has 448 valence electrons. The third-order valence-corrected chi connectivity index (χ3v) is 23.8. The van der Waals surface area contributed by atoms with Gasteiger partial charge >= 0.3 is 0 Å². The van der Waals surface area contributed by atoms with Gasteiger partial charge in [0.2, 0.25) is 20.0 Å². The molecule has 4 N–H and O–H groups in total. The van der Waals surface area contributed by atoms with E-state index in [1.54, 1.807) is 38.1 Å². The number of anilines is 2. The average molecular weight is 1210 g/mol. The molecule has 10 atom stereocenters. The molecule has 12 rings (SSSR count). The number of hydrogen-bond donors (Lipinski definition) is 4. The lowest BCUT2D eigenvalue weighted by Gasteiger charge is -2.44. The van der Waals surface area contributed by atoms with E-state index in [1.165, 1.54) is 22.3 Å². The molecule has 4 aromatic carbocycles. The Labute approximate surface area is 501 Å². The van der Waals surface area contributed by atoms with Gasteiger partial charge in [-0.1, -0.05) is 80.9 Å². The second-order valence-electron chi connectivity index (χ2n) is 24.6. The highest BCUT2D eigenvalue weighted by molar-refractivity contribution is 7.91. The molecule has 14 nitrogen and oxygen atoms in total. The Balaban J connectivity index is 0.000000183. The largest absolute Gasteiger partial charge is 0.490 e. The van der Waals surface area contributed by atoms with Crippen LogP contribution in [0.2, 0.25) is 10.0 Å². The number of halogens is 2. The maximum absolute atomic E-state index is 13.3. The molecule has 8 aliphatic rings. The van der Waals surface area contributed by atoms with Crippen molar-refractivity contribution in [1.82, 2.24) is 9.44 Å². The van der Waals surface area contributed by atoms with Crippen molar-refractivity contribution in [3.63, 3.8) is 0 Å². The molecule has 2 fully saturated rings. The lowest BCUT2D eigenvalue weighted by atomic mass is 9.69. The number of sulfonamides is 2. The zero-order chi connectivity index (χ0) is 57.6. The molecule has 0 saturated heterocycles. The molecule has 2 amide bonds. The van der Waals surface area contributed by atoms with E-state index in [0.29, 0.717) is 85.2 Å². The summed E-state index contributed by atoms with van der Waals surface area (Å²) in [4.78, 5) is 31.4. The first kappa shape index (κ1) is 61.0. The molecule has 83 heavy (non-hydrogen) atoms. The monoisotopic (exact) mass is 1210 g/mol. The number of aliphatic hydroxyl groups is 2. The Bertz CT molecular complexity index is 3140. The summed E-state index contributed by atoms with van der Waals surface area (Å²) in [5.41, 5.74) is 6.84. The van der Waals surface area contributed by atoms with Crippen molar-refractivity contribution in [2.75, 3.05) is 49.2 Å². The predicted molar refractivity (Wildman–Crippen MR) is 329 cm³/mol. The summed E-state index contributed by atoms with van der Waals surface area (Å²) in [7, 11) is -7.84. The van der Waals surface area contributed by atoms with E-state index in [4.69, 9.17) is 32.7 Å². The Morgan fingerprint density at radius 2 is 0.988 bits per heavy atom. The normalized spacial score (nSPS) is 31.6. The maximum Gasteiger partial charge on any atom is 0.264 e. The van der Waals surface area contributed by atoms with Crippen LogP contribution in [-0.2, 0) is 43.7 Å². The first-order valence-electron chi connectivity index (χ1n) is 29.8. The highest BCUT2D eigenvalue weighted by Crippen LogP contribution is 2.49. The summed E-state index contributed by atoms with van der Waals surface area (Å²) in [5, 5.41) is 21.2. The number of aryl methyl sites for hydroxylation is 2. The number of allylic oxidation sites excluding steroid dienone is 2. The van der Waals surface area contributed by atoms with Gasteiger partial charge in [-0.2, -0.15) is 0 Å². The van der Waals surface area contributed by atoms with Crippen LogP contribution in [0, 0.1) is 23.7 Å². The molecule has 4 bridgehead atoms. The fraction of sp³-hybridized carbons (Fsp3) is 0.538. The highest BCUT2D eigenvalue weighted by atomic mass is 35.5. The lowest BCUT2D eigenvalue weighted by molar-refractivity contribution is 0.0971. The van der Waals surface area contributed by atoms with Gasteiger partial charge in [0.05, 0.1) is 47.3 Å². The van der Waals surface area contributed by atoms with Gasteiger partial charge < -0.3 is 29.5 Å². The Kier molecular flexibility index (Phi) is 18.4. The Morgan fingerprint density at radius 1 is 0.566 bits per heavy atom. The number of hydrogen-bond acceptors (Lipinski definition) is 12. The van der Waals surface area contributed by atoms with Crippen molar-refractivity contribution in [3.05, 3.63) is 141 Å². The van der Waals surface area contributed by atoms with E-state index in [9.17, 15) is 36.6 Å². The predicted octanol–water partition coefficient (Wildman–Crippen LogP) is 11.4. The van der Waals surface area contributed by atoms with Crippen molar-refractivity contribution in [3.8, 4) is 11.5 Å². The number of amides is 2. The molecule has 2 spiro atoms. The first-order valence-corrected chi connectivity index (χ1v) is 33.7. The molecular weight excluding hydrogens is 1130 g/mol. The fourth-order valence-electron chi connectivity index (χ4n) is 14.4. The quantitative estimate of drug-likeness (QED) is 0.139. The van der Waals surface area contributed by atoms with Gasteiger partial charge in [0.15, 0.2) is 0 Å². The van der Waals surface area contributed by atoms with E-state index >= 15 is 0 Å². The summed E-state index contributed by atoms with van der Waals surface area (Å²) in [6, 6.07) is 22.9. The van der Waals surface area contributed by atoms with Crippen molar-refractivity contribution in [2.24, 2.45) is 23.7 Å². The van der Waals surface area contributed by atoms with E-state index in [1.807, 2.05) is 36.4 Å². The number of fused-ring (bicyclic) bond motifs is 8. The number of carbonyl (C=O) groups is 2. The van der Waals surface area contributed by atoms with Crippen LogP contribution in [0.3, 0.4) is 0 Å². The molecular formula is C65H82Cl2N4O10S2. The van der Waals surface area contributed by atoms with Crippen molar-refractivity contribution < 1.29 is 46.1 Å². The fourth-order valence-corrected chi connectivity index (χ4v) is 17.6. The molecule has 18 heteroatoms. The minimum absolute atomic E-state index is 0. The Hall–Kier alpha value is -5.10. The van der Waals surface area contributed by atoms with Gasteiger partial charge in [0.1, 0.15) is 11.5 Å². The average Bonchev–Trinajstić information content (AvgIpc) is 3.86. The van der Waals surface area contributed by atoms with Gasteiger partial charge in [0.25, 0.3) is 11.8 Å². The number of rotatable bonds is 2. The van der Waals surface area contributed by atoms with Crippen LogP contribution in [0.4, 0.5) is 11.4 Å². The van der Waals surface area contributed by atoms with Crippen LogP contribution in [-0.4, -0.2) is 101 Å². The van der Waals surface area contributed by atoms with Gasteiger partial charge in [-0.25, -0.2) is 26.3 Å². The van der Waals surface area contributed by atoms with Gasteiger partial charge in [-0.15, -0.1) is 0 Å². The Morgan fingerprint density at radius 3 is 1.37 bits per heavy atom. The second-order valence-corrected chi connectivity index (χ2v) is 29.4. The van der Waals surface area contributed by atoms with Crippen molar-refractivity contribution >= 4 is 66.4 Å². The summed E-state index contributed by atoms with van der Waals surface area (Å²) in [5.74, 6) is 1.63. The lowest BCUT2D eigenvalue weighted by Crippen LogP contribution is -2.48. The summed E-state index contributed by atoms with van der Waals surface area (Å²) in [6.45, 7) is 7.64. The summed E-state index contributed by atoms with van der Waals surface area (Å²) < 4.78 is 70.3. The molecule has 4 aliphatic heterocycles. The van der Waals surface area contributed by atoms with Crippen molar-refractivity contribution in [1.29, 1.82) is 0 Å². The maximum atomic E-state index is 13.3. The summed E-state index contributed by atoms with van der Waals surface area (Å²) in [6.07, 6.45) is 18.7. The van der Waals surface area contributed by atoms with E-state index in [0.717, 1.165) is 112 Å². The zero-order valence-electron chi connectivity index (χ0n) is 47.0. The third-order valence-electron chi connectivity index (χ3n) is 19.4. The van der Waals surface area contributed by atoms with E-state index in [-0.39, 0.29) is 31.1 Å². The minimum atomic E-state index is -3.92.